The molecule has 0 radical (unpaired) electrons. The molecule has 0 fully saturated rings. The summed E-state index contributed by atoms with van der Waals surface area (Å²) in [6, 6.07) is 23.1. The number of aryl methyl sites for hydroxylation is 2. The molecular formula is C32H30FN3OS. The van der Waals surface area contributed by atoms with Crippen LogP contribution in [0.4, 0.5) is 10.1 Å². The van der Waals surface area contributed by atoms with E-state index in [1.165, 1.54) is 28.8 Å². The Balaban J connectivity index is 1.58. The summed E-state index contributed by atoms with van der Waals surface area (Å²) in [7, 11) is 0. The third-order valence-electron chi connectivity index (χ3n) is 7.40. The van der Waals surface area contributed by atoms with Gasteiger partial charge in [0.2, 0.25) is 0 Å². The number of nitrogens with two attached hydrogens (primary N) is 1. The van der Waals surface area contributed by atoms with Crippen LogP contribution in [-0.2, 0) is 16.3 Å². The number of ketones is 1. The van der Waals surface area contributed by atoms with Gasteiger partial charge < -0.3 is 5.73 Å². The molecule has 0 amide bonds. The highest BCUT2D eigenvalue weighted by Crippen LogP contribution is 2.47. The molecule has 4 nitrogen and oxygen atoms in total. The second-order valence-corrected chi connectivity index (χ2v) is 10.9. The highest BCUT2D eigenvalue weighted by atomic mass is 32.2. The van der Waals surface area contributed by atoms with E-state index < -0.39 is 5.92 Å². The minimum atomic E-state index is -0.516. The van der Waals surface area contributed by atoms with Gasteiger partial charge in [0.05, 0.1) is 17.6 Å². The maximum absolute atomic E-state index is 13.7. The fourth-order valence-corrected chi connectivity index (χ4v) is 6.58. The van der Waals surface area contributed by atoms with Gasteiger partial charge >= 0.3 is 0 Å². The Morgan fingerprint density at radius 1 is 1.03 bits per heavy atom. The van der Waals surface area contributed by atoms with Crippen LogP contribution in [0, 0.1) is 31.0 Å². The van der Waals surface area contributed by atoms with E-state index in [0.717, 1.165) is 28.3 Å². The number of hydrogen-bond acceptors (Lipinski definition) is 5. The van der Waals surface area contributed by atoms with E-state index in [1.807, 2.05) is 24.8 Å². The second-order valence-electron chi connectivity index (χ2n) is 9.91. The van der Waals surface area contributed by atoms with Crippen molar-refractivity contribution in [3.8, 4) is 6.07 Å². The largest absolute Gasteiger partial charge is 0.384 e. The van der Waals surface area contributed by atoms with Gasteiger partial charge in [-0.2, -0.15) is 17.0 Å². The van der Waals surface area contributed by atoms with Crippen molar-refractivity contribution in [2.75, 3.05) is 4.90 Å². The van der Waals surface area contributed by atoms with Crippen molar-refractivity contribution in [3.05, 3.63) is 123 Å². The van der Waals surface area contributed by atoms with Crippen molar-refractivity contribution in [1.29, 1.82) is 5.26 Å². The molecule has 38 heavy (non-hydrogen) atoms. The Bertz CT molecular complexity index is 1490. The smallest absolute Gasteiger partial charge is 0.161 e. The molecule has 0 saturated carbocycles. The Morgan fingerprint density at radius 2 is 1.76 bits per heavy atom. The molecule has 1 aliphatic heterocycles. The van der Waals surface area contributed by atoms with Gasteiger partial charge in [-0.1, -0.05) is 42.5 Å². The highest BCUT2D eigenvalue weighted by molar-refractivity contribution is 7.97. The Kier molecular flexibility index (Phi) is 7.40. The van der Waals surface area contributed by atoms with Crippen LogP contribution in [0.3, 0.4) is 0 Å². The third kappa shape index (κ3) is 4.87. The fraction of sp³-hybridized carbons (Fsp3) is 0.250. The van der Waals surface area contributed by atoms with Crippen LogP contribution in [0.1, 0.15) is 53.0 Å². The summed E-state index contributed by atoms with van der Waals surface area (Å²) in [5.41, 5.74) is 14.8. The monoisotopic (exact) mass is 523 g/mol. The molecule has 192 valence electrons. The summed E-state index contributed by atoms with van der Waals surface area (Å²) >= 11 is 1.84. The van der Waals surface area contributed by atoms with Crippen molar-refractivity contribution in [3.63, 3.8) is 0 Å². The topological polar surface area (TPSA) is 70.1 Å². The predicted molar refractivity (Wildman–Crippen MR) is 152 cm³/mol. The second kappa shape index (κ2) is 10.9. The van der Waals surface area contributed by atoms with E-state index in [1.54, 1.807) is 17.0 Å². The third-order valence-corrected chi connectivity index (χ3v) is 8.46. The number of Topliss-reactive ketones (excluding diaryl/α,β-unsaturated/α-hetero) is 1. The Morgan fingerprint density at radius 3 is 2.47 bits per heavy atom. The molecular weight excluding hydrogens is 493 g/mol. The van der Waals surface area contributed by atoms with Crippen LogP contribution in [0.2, 0.25) is 0 Å². The molecule has 1 aliphatic carbocycles. The van der Waals surface area contributed by atoms with E-state index in [9.17, 15) is 14.4 Å². The van der Waals surface area contributed by atoms with E-state index in [-0.39, 0.29) is 11.6 Å². The van der Waals surface area contributed by atoms with Crippen LogP contribution >= 0.6 is 11.8 Å². The zero-order valence-electron chi connectivity index (χ0n) is 21.6. The Labute approximate surface area is 227 Å². The molecule has 2 N–H and O–H groups in total. The van der Waals surface area contributed by atoms with Gasteiger partial charge in [0, 0.05) is 34.9 Å². The number of rotatable bonds is 6. The van der Waals surface area contributed by atoms with E-state index in [4.69, 9.17) is 5.73 Å². The van der Waals surface area contributed by atoms with Crippen LogP contribution in [0.5, 0.6) is 0 Å². The molecule has 3 aromatic carbocycles. The van der Waals surface area contributed by atoms with Gasteiger partial charge in [0.1, 0.15) is 11.6 Å². The minimum absolute atomic E-state index is 0.0450. The Hall–Kier alpha value is -3.82. The fourth-order valence-electron chi connectivity index (χ4n) is 5.52. The normalized spacial score (nSPS) is 17.5. The number of allylic oxidation sites excluding steroid dienone is 3. The number of hydrogen-bond donors (Lipinski definition) is 1. The lowest BCUT2D eigenvalue weighted by Crippen LogP contribution is -2.38. The van der Waals surface area contributed by atoms with Crippen molar-refractivity contribution in [1.82, 2.24) is 0 Å². The molecule has 6 heteroatoms. The minimum Gasteiger partial charge on any atom is -0.384 e. The van der Waals surface area contributed by atoms with Crippen LogP contribution in [0.15, 0.2) is 89.4 Å². The zero-order valence-corrected chi connectivity index (χ0v) is 22.4. The lowest BCUT2D eigenvalue weighted by molar-refractivity contribution is -0.116. The molecule has 1 heterocycles. The quantitative estimate of drug-likeness (QED) is 0.371. The lowest BCUT2D eigenvalue weighted by atomic mass is 9.74. The van der Waals surface area contributed by atoms with Crippen molar-refractivity contribution in [2.45, 2.75) is 50.5 Å². The number of carbonyl (C=O) groups is 1. The van der Waals surface area contributed by atoms with Crippen molar-refractivity contribution < 1.29 is 9.18 Å². The van der Waals surface area contributed by atoms with Gasteiger partial charge in [-0.3, -0.25) is 9.69 Å². The standard InChI is InChI=1S/C32H30FN3OS/c1-20-15-21(2)26(16-23(20)19-38-18-22-7-4-3-5-8-22)30-27(17-34)32(35)36(25-13-11-24(33)12-14-25)28-9-6-10-29(37)31(28)30/h3-5,7-8,11-16,30H,6,9-10,18-19,35H2,1-2H3. The van der Waals surface area contributed by atoms with E-state index in [0.29, 0.717) is 41.9 Å². The molecule has 2 aliphatic rings. The number of nitriles is 1. The summed E-state index contributed by atoms with van der Waals surface area (Å²) in [4.78, 5) is 15.3. The van der Waals surface area contributed by atoms with E-state index in [2.05, 4.69) is 49.4 Å². The molecule has 1 atom stereocenters. The van der Waals surface area contributed by atoms with Gasteiger partial charge in [-0.15, -0.1) is 0 Å². The maximum Gasteiger partial charge on any atom is 0.161 e. The SMILES string of the molecule is Cc1cc(C)c(C2C(C#N)=C(N)N(c3ccc(F)cc3)C3=C2C(=O)CCC3)cc1CSCc1ccccc1. The van der Waals surface area contributed by atoms with Gasteiger partial charge in [-0.25, -0.2) is 4.39 Å². The number of thioether (sulfide) groups is 1. The summed E-state index contributed by atoms with van der Waals surface area (Å²) < 4.78 is 13.7. The molecule has 0 bridgehead atoms. The molecule has 1 unspecified atom stereocenters. The summed E-state index contributed by atoms with van der Waals surface area (Å²) in [6.45, 7) is 4.15. The summed E-state index contributed by atoms with van der Waals surface area (Å²) in [5.74, 6) is 1.21. The predicted octanol–water partition coefficient (Wildman–Crippen LogP) is 7.18. The molecule has 5 rings (SSSR count). The van der Waals surface area contributed by atoms with E-state index >= 15 is 0 Å². The number of benzene rings is 3. The maximum atomic E-state index is 13.7. The average Bonchev–Trinajstić information content (AvgIpc) is 2.91. The molecule has 0 aromatic heterocycles. The summed E-state index contributed by atoms with van der Waals surface area (Å²) in [6.07, 6.45) is 1.82. The zero-order chi connectivity index (χ0) is 26.8. The summed E-state index contributed by atoms with van der Waals surface area (Å²) in [5, 5.41) is 10.3. The van der Waals surface area contributed by atoms with Crippen LogP contribution in [-0.4, -0.2) is 5.78 Å². The first-order chi connectivity index (χ1) is 18.4. The van der Waals surface area contributed by atoms with Gasteiger partial charge in [0.25, 0.3) is 0 Å². The molecule has 0 saturated heterocycles. The average molecular weight is 524 g/mol. The number of carbonyl (C=O) groups excluding carboxylic acids is 1. The molecule has 3 aromatic rings. The van der Waals surface area contributed by atoms with Crippen LogP contribution < -0.4 is 10.6 Å². The number of anilines is 1. The highest BCUT2D eigenvalue weighted by Gasteiger charge is 2.41. The van der Waals surface area contributed by atoms with Crippen molar-refractivity contribution in [2.24, 2.45) is 5.73 Å². The van der Waals surface area contributed by atoms with Crippen LogP contribution in [0.25, 0.3) is 0 Å². The molecule has 0 spiro atoms. The lowest BCUT2D eigenvalue weighted by Gasteiger charge is -2.40. The first-order valence-corrected chi connectivity index (χ1v) is 14.0. The number of halogens is 1. The van der Waals surface area contributed by atoms with Crippen molar-refractivity contribution >= 4 is 23.2 Å². The number of nitrogens with zero attached hydrogens (tertiary/aromatic N) is 2. The first kappa shape index (κ1) is 25.8. The first-order valence-electron chi connectivity index (χ1n) is 12.8. The van der Waals surface area contributed by atoms with Gasteiger partial charge in [0.15, 0.2) is 5.78 Å². The van der Waals surface area contributed by atoms with Gasteiger partial charge in [-0.05, 0) is 78.8 Å².